The Morgan fingerprint density at radius 2 is 2.00 bits per heavy atom. The molecule has 0 spiro atoms. The lowest BCUT2D eigenvalue weighted by atomic mass is 10.6. The summed E-state index contributed by atoms with van der Waals surface area (Å²) in [4.78, 5) is 0. The van der Waals surface area contributed by atoms with Crippen molar-refractivity contribution in [3.8, 4) is 0 Å². The molecule has 0 aliphatic heterocycles. The topological polar surface area (TPSA) is 0 Å². The van der Waals surface area contributed by atoms with Gasteiger partial charge in [0, 0.05) is 10.2 Å². The normalized spacial score (nSPS) is 12.8. The van der Waals surface area contributed by atoms with E-state index in [0.717, 1.165) is 0 Å². The lowest BCUT2D eigenvalue weighted by Gasteiger charge is -1.73. The van der Waals surface area contributed by atoms with Crippen LogP contribution in [-0.4, -0.2) is 10.2 Å². The van der Waals surface area contributed by atoms with Crippen molar-refractivity contribution in [2.75, 3.05) is 0 Å². The van der Waals surface area contributed by atoms with E-state index in [9.17, 15) is 0 Å². The van der Waals surface area contributed by atoms with Crippen LogP contribution in [0.2, 0.25) is 0 Å². The third-order valence-corrected chi connectivity index (χ3v) is 1.15. The minimum atomic E-state index is 1.23. The molecule has 0 N–H and O–H groups in total. The molecule has 0 heterocycles. The van der Waals surface area contributed by atoms with Crippen molar-refractivity contribution < 1.29 is 0 Å². The van der Waals surface area contributed by atoms with Crippen LogP contribution >= 0.6 is 0 Å². The van der Waals surface area contributed by atoms with Crippen molar-refractivity contribution in [3.63, 3.8) is 0 Å². The van der Waals surface area contributed by atoms with E-state index in [1.54, 1.807) is 0 Å². The van der Waals surface area contributed by atoms with Crippen LogP contribution in [0.4, 0.5) is 0 Å². The highest BCUT2D eigenvalue weighted by atomic mass is 28.1. The minimum absolute atomic E-state index is 1.23. The van der Waals surface area contributed by atoms with Crippen molar-refractivity contribution in [2.45, 2.75) is 13.8 Å². The molecule has 1 heteroatoms. The van der Waals surface area contributed by atoms with Crippen LogP contribution in [0.15, 0.2) is 11.3 Å². The molecule has 30 valence electrons. The van der Waals surface area contributed by atoms with Gasteiger partial charge >= 0.3 is 0 Å². The summed E-state index contributed by atoms with van der Waals surface area (Å²) < 4.78 is 0. The molecular weight excluding hydrogens is 76.1 g/mol. The molecule has 0 saturated carbocycles. The van der Waals surface area contributed by atoms with E-state index in [1.807, 2.05) is 0 Å². The van der Waals surface area contributed by atoms with Gasteiger partial charge in [-0.15, -0.1) is 0 Å². The highest BCUT2D eigenvalue weighted by molar-refractivity contribution is 6.21. The van der Waals surface area contributed by atoms with Crippen LogP contribution in [0.1, 0.15) is 13.8 Å². The number of rotatable bonds is 0. The fraction of sp³-hybridized carbons (Fsp3) is 0.500. The van der Waals surface area contributed by atoms with Crippen molar-refractivity contribution in [1.82, 2.24) is 0 Å². The molecule has 0 bridgehead atoms. The van der Waals surface area contributed by atoms with Crippen LogP contribution in [0, 0.1) is 0 Å². The lowest BCUT2D eigenvalue weighted by molar-refractivity contribution is 1.59. The molecule has 0 rings (SSSR count). The largest absolute Gasteiger partial charge is 0.0990 e. The second-order valence-electron chi connectivity index (χ2n) is 1.37. The van der Waals surface area contributed by atoms with E-state index in [1.165, 1.54) is 15.4 Å². The van der Waals surface area contributed by atoms with Crippen LogP contribution in [0.25, 0.3) is 0 Å². The average Bonchev–Trinajstić information content (AvgIpc) is 1.38. The Bertz CT molecular complexity index is 41.6. The van der Waals surface area contributed by atoms with Crippen LogP contribution in [-0.2, 0) is 0 Å². The van der Waals surface area contributed by atoms with Crippen molar-refractivity contribution in [2.24, 2.45) is 0 Å². The van der Waals surface area contributed by atoms with E-state index in [0.29, 0.717) is 0 Å². The van der Waals surface area contributed by atoms with E-state index in [4.69, 9.17) is 0 Å². The van der Waals surface area contributed by atoms with Gasteiger partial charge in [0.15, 0.2) is 0 Å². The molecule has 0 aliphatic carbocycles. The Labute approximate surface area is 36.3 Å². The quantitative estimate of drug-likeness (QED) is 0.371. The molecular formula is C4H10Si. The van der Waals surface area contributed by atoms with Gasteiger partial charge in [-0.1, -0.05) is 11.3 Å². The van der Waals surface area contributed by atoms with Gasteiger partial charge in [-0.05, 0) is 13.8 Å². The van der Waals surface area contributed by atoms with E-state index in [2.05, 4.69) is 19.9 Å². The highest BCUT2D eigenvalue weighted by Crippen LogP contribution is 1.76. The SMILES string of the molecule is CC=C(C)[SiH3]. The first-order chi connectivity index (χ1) is 2.27. The molecule has 0 aromatic heterocycles. The van der Waals surface area contributed by atoms with Gasteiger partial charge in [-0.25, -0.2) is 0 Å². The molecule has 0 unspecified atom stereocenters. The second-order valence-corrected chi connectivity index (χ2v) is 2.94. The zero-order chi connectivity index (χ0) is 4.28. The summed E-state index contributed by atoms with van der Waals surface area (Å²) in [6.45, 7) is 4.22. The maximum absolute atomic E-state index is 2.15. The van der Waals surface area contributed by atoms with Crippen molar-refractivity contribution in [3.05, 3.63) is 11.3 Å². The fourth-order valence-corrected chi connectivity index (χ4v) is 0. The van der Waals surface area contributed by atoms with Crippen molar-refractivity contribution in [1.29, 1.82) is 0 Å². The molecule has 5 heavy (non-hydrogen) atoms. The second kappa shape index (κ2) is 2.21. The molecule has 0 nitrogen and oxygen atoms in total. The maximum Gasteiger partial charge on any atom is 0.0325 e. The van der Waals surface area contributed by atoms with Crippen LogP contribution in [0.5, 0.6) is 0 Å². The van der Waals surface area contributed by atoms with Gasteiger partial charge in [0.2, 0.25) is 0 Å². The Morgan fingerprint density at radius 1 is 1.80 bits per heavy atom. The summed E-state index contributed by atoms with van der Waals surface area (Å²) in [6.07, 6.45) is 2.15. The summed E-state index contributed by atoms with van der Waals surface area (Å²) in [5.41, 5.74) is 0. The Balaban J connectivity index is 3.14. The fourth-order valence-electron chi connectivity index (χ4n) is 0. The number of allylic oxidation sites excluding steroid dienone is 2. The Morgan fingerprint density at radius 3 is 2.00 bits per heavy atom. The highest BCUT2D eigenvalue weighted by Gasteiger charge is 1.60. The predicted octanol–water partition coefficient (Wildman–Crippen LogP) is 0.275. The molecule has 0 aromatic carbocycles. The van der Waals surface area contributed by atoms with Gasteiger partial charge in [-0.2, -0.15) is 0 Å². The summed E-state index contributed by atoms with van der Waals surface area (Å²) in [5.74, 6) is 0. The first kappa shape index (κ1) is 4.96. The number of hydrogen-bond acceptors (Lipinski definition) is 0. The van der Waals surface area contributed by atoms with E-state index < -0.39 is 0 Å². The third-order valence-electron chi connectivity index (χ3n) is 0.577. The Hall–Kier alpha value is -0.0431. The van der Waals surface area contributed by atoms with Gasteiger partial charge in [0.1, 0.15) is 0 Å². The molecule has 0 saturated heterocycles. The minimum Gasteiger partial charge on any atom is -0.0990 e. The molecule has 0 radical (unpaired) electrons. The third kappa shape index (κ3) is 3.96. The molecule has 0 amide bonds. The first-order valence-electron chi connectivity index (χ1n) is 1.87. The smallest absolute Gasteiger partial charge is 0.0325 e. The number of hydrogen-bond donors (Lipinski definition) is 0. The van der Waals surface area contributed by atoms with E-state index in [-0.39, 0.29) is 0 Å². The van der Waals surface area contributed by atoms with Crippen molar-refractivity contribution >= 4 is 10.2 Å². The zero-order valence-electron chi connectivity index (χ0n) is 4.08. The predicted molar refractivity (Wildman–Crippen MR) is 29.4 cm³/mol. The lowest BCUT2D eigenvalue weighted by Crippen LogP contribution is -1.62. The molecule has 0 fully saturated rings. The van der Waals surface area contributed by atoms with E-state index >= 15 is 0 Å². The summed E-state index contributed by atoms with van der Waals surface area (Å²) in [6, 6.07) is 0. The van der Waals surface area contributed by atoms with Crippen LogP contribution < -0.4 is 0 Å². The van der Waals surface area contributed by atoms with Gasteiger partial charge in [-0.3, -0.25) is 0 Å². The maximum atomic E-state index is 2.15. The summed E-state index contributed by atoms with van der Waals surface area (Å²) in [5, 5.41) is 1.52. The molecule has 0 aliphatic rings. The average molecular weight is 86.2 g/mol. The van der Waals surface area contributed by atoms with Gasteiger partial charge in [0.05, 0.1) is 0 Å². The standard InChI is InChI=1S/C4H10Si/c1-3-4(2)5/h3H,1-2,5H3. The zero-order valence-corrected chi connectivity index (χ0v) is 6.08. The summed E-state index contributed by atoms with van der Waals surface area (Å²) in [7, 11) is 1.23. The molecule has 0 aromatic rings. The van der Waals surface area contributed by atoms with Crippen LogP contribution in [0.3, 0.4) is 0 Å². The Kier molecular flexibility index (Phi) is 2.19. The first-order valence-corrected chi connectivity index (χ1v) is 2.87. The summed E-state index contributed by atoms with van der Waals surface area (Å²) >= 11 is 0. The monoisotopic (exact) mass is 86.1 g/mol. The van der Waals surface area contributed by atoms with Gasteiger partial charge < -0.3 is 0 Å². The molecule has 0 atom stereocenters. The van der Waals surface area contributed by atoms with Gasteiger partial charge in [0.25, 0.3) is 0 Å².